The molecule has 0 saturated heterocycles. The first-order chi connectivity index (χ1) is 13.4. The summed E-state index contributed by atoms with van der Waals surface area (Å²) in [6.07, 6.45) is -4.41. The molecule has 28 heavy (non-hydrogen) atoms. The summed E-state index contributed by atoms with van der Waals surface area (Å²) in [5, 5.41) is 0. The smallest absolute Gasteiger partial charge is 0.422 e. The molecule has 0 unspecified atom stereocenters. The molecule has 0 aromatic heterocycles. The van der Waals surface area contributed by atoms with Gasteiger partial charge in [0.1, 0.15) is 19.0 Å². The van der Waals surface area contributed by atoms with Gasteiger partial charge < -0.3 is 19.1 Å². The maximum absolute atomic E-state index is 12.8. The van der Waals surface area contributed by atoms with Crippen LogP contribution in [0.4, 0.5) is 13.2 Å². The van der Waals surface area contributed by atoms with E-state index in [-0.39, 0.29) is 11.7 Å². The Labute approximate surface area is 160 Å². The number of hydrogen-bond donors (Lipinski definition) is 0. The fraction of sp³-hybridized carbons (Fsp3) is 0.350. The lowest BCUT2D eigenvalue weighted by Gasteiger charge is -2.25. The zero-order chi connectivity index (χ0) is 20.1. The number of fused-ring (bicyclic) bond motifs is 1. The van der Waals surface area contributed by atoms with Crippen LogP contribution >= 0.6 is 0 Å². The summed E-state index contributed by atoms with van der Waals surface area (Å²) >= 11 is 0. The van der Waals surface area contributed by atoms with Crippen LogP contribution < -0.4 is 14.2 Å². The number of rotatable bonds is 6. The van der Waals surface area contributed by atoms with Gasteiger partial charge in [0.25, 0.3) is 5.91 Å². The molecule has 0 radical (unpaired) electrons. The Morgan fingerprint density at radius 3 is 2.50 bits per heavy atom. The van der Waals surface area contributed by atoms with Crippen molar-refractivity contribution in [2.24, 2.45) is 0 Å². The van der Waals surface area contributed by atoms with Crippen LogP contribution in [0.2, 0.25) is 0 Å². The Kier molecular flexibility index (Phi) is 5.96. The van der Waals surface area contributed by atoms with E-state index in [1.165, 1.54) is 24.3 Å². The van der Waals surface area contributed by atoms with Crippen molar-refractivity contribution >= 4 is 5.91 Å². The third-order valence-electron chi connectivity index (χ3n) is 4.18. The lowest BCUT2D eigenvalue weighted by molar-refractivity contribution is -0.153. The molecule has 0 aliphatic carbocycles. The molecule has 1 aliphatic rings. The van der Waals surface area contributed by atoms with Gasteiger partial charge in [-0.1, -0.05) is 12.1 Å². The van der Waals surface area contributed by atoms with E-state index in [2.05, 4.69) is 4.74 Å². The number of ether oxygens (including phenoxy) is 3. The first-order valence-electron chi connectivity index (χ1n) is 8.84. The molecule has 150 valence electrons. The number of benzene rings is 2. The monoisotopic (exact) mass is 395 g/mol. The van der Waals surface area contributed by atoms with Gasteiger partial charge in [-0.2, -0.15) is 13.2 Å². The molecular formula is C20H20F3NO4. The second-order valence-electron chi connectivity index (χ2n) is 6.19. The normalized spacial score (nSPS) is 13.1. The van der Waals surface area contributed by atoms with Crippen molar-refractivity contribution in [2.75, 3.05) is 26.4 Å². The lowest BCUT2D eigenvalue weighted by Crippen LogP contribution is -2.31. The number of amides is 1. The highest BCUT2D eigenvalue weighted by Gasteiger charge is 2.28. The quantitative estimate of drug-likeness (QED) is 0.740. The Morgan fingerprint density at radius 2 is 1.82 bits per heavy atom. The molecule has 8 heteroatoms. The Morgan fingerprint density at radius 1 is 1.11 bits per heavy atom. The zero-order valence-corrected chi connectivity index (χ0v) is 15.3. The molecule has 1 amide bonds. The number of nitrogens with zero attached hydrogens (tertiary/aromatic N) is 1. The second-order valence-corrected chi connectivity index (χ2v) is 6.19. The molecule has 0 bridgehead atoms. The maximum Gasteiger partial charge on any atom is 0.422 e. The van der Waals surface area contributed by atoms with Crippen molar-refractivity contribution < 1.29 is 32.2 Å². The van der Waals surface area contributed by atoms with Crippen molar-refractivity contribution in [3.8, 4) is 17.2 Å². The topological polar surface area (TPSA) is 48.0 Å². The third kappa shape index (κ3) is 4.88. The molecule has 1 aliphatic heterocycles. The van der Waals surface area contributed by atoms with Crippen LogP contribution in [0.25, 0.3) is 0 Å². The standard InChI is InChI=1S/C20H20F3NO4/c1-2-24(12-15-4-3-5-17-18(15)27-11-10-26-17)19(25)14-6-8-16(9-7-14)28-13-20(21,22)23/h3-9H,2,10-13H2,1H3. The predicted octanol–water partition coefficient (Wildman–Crippen LogP) is 4.06. The molecule has 3 rings (SSSR count). The average Bonchev–Trinajstić information content (AvgIpc) is 2.70. The van der Waals surface area contributed by atoms with Crippen molar-refractivity contribution in [1.29, 1.82) is 0 Å². The molecule has 2 aromatic carbocycles. The van der Waals surface area contributed by atoms with Gasteiger partial charge in [0.2, 0.25) is 0 Å². The summed E-state index contributed by atoms with van der Waals surface area (Å²) < 4.78 is 52.6. The van der Waals surface area contributed by atoms with Crippen LogP contribution in [0, 0.1) is 0 Å². The maximum atomic E-state index is 12.8. The summed E-state index contributed by atoms with van der Waals surface area (Å²) in [5.74, 6) is 1.10. The number of alkyl halides is 3. The van der Waals surface area contributed by atoms with E-state index in [4.69, 9.17) is 9.47 Å². The van der Waals surface area contributed by atoms with Gasteiger partial charge >= 0.3 is 6.18 Å². The minimum absolute atomic E-state index is 0.0552. The van der Waals surface area contributed by atoms with Gasteiger partial charge in [0.15, 0.2) is 18.1 Å². The minimum atomic E-state index is -4.41. The highest BCUT2D eigenvalue weighted by Crippen LogP contribution is 2.34. The molecule has 0 saturated carbocycles. The first kappa shape index (κ1) is 19.9. The Balaban J connectivity index is 1.70. The molecule has 0 N–H and O–H groups in total. The Bertz CT molecular complexity index is 821. The highest BCUT2D eigenvalue weighted by atomic mass is 19.4. The predicted molar refractivity (Wildman–Crippen MR) is 95.8 cm³/mol. The van der Waals surface area contributed by atoms with Crippen molar-refractivity contribution in [3.05, 3.63) is 53.6 Å². The van der Waals surface area contributed by atoms with Gasteiger partial charge in [-0.05, 0) is 37.3 Å². The van der Waals surface area contributed by atoms with Crippen LogP contribution in [0.3, 0.4) is 0 Å². The molecule has 2 aromatic rings. The van der Waals surface area contributed by atoms with E-state index < -0.39 is 12.8 Å². The van der Waals surface area contributed by atoms with Crippen LogP contribution in [0.5, 0.6) is 17.2 Å². The molecule has 0 fully saturated rings. The number of hydrogen-bond acceptors (Lipinski definition) is 4. The Hall–Kier alpha value is -2.90. The van der Waals surface area contributed by atoms with E-state index >= 15 is 0 Å². The summed E-state index contributed by atoms with van der Waals surface area (Å²) in [6, 6.07) is 11.1. The fourth-order valence-corrected chi connectivity index (χ4v) is 2.83. The van der Waals surface area contributed by atoms with Crippen LogP contribution in [-0.2, 0) is 6.54 Å². The van der Waals surface area contributed by atoms with E-state index in [9.17, 15) is 18.0 Å². The van der Waals surface area contributed by atoms with Crippen LogP contribution in [-0.4, -0.2) is 43.3 Å². The van der Waals surface area contributed by atoms with Crippen molar-refractivity contribution in [2.45, 2.75) is 19.6 Å². The highest BCUT2D eigenvalue weighted by molar-refractivity contribution is 5.94. The van der Waals surface area contributed by atoms with Gasteiger partial charge in [-0.15, -0.1) is 0 Å². The summed E-state index contributed by atoms with van der Waals surface area (Å²) in [6.45, 7) is 2.19. The van der Waals surface area contributed by atoms with Gasteiger partial charge in [-0.25, -0.2) is 0 Å². The van der Waals surface area contributed by atoms with Crippen molar-refractivity contribution in [1.82, 2.24) is 4.90 Å². The first-order valence-corrected chi connectivity index (χ1v) is 8.84. The van der Waals surface area contributed by atoms with E-state index in [0.29, 0.717) is 43.4 Å². The van der Waals surface area contributed by atoms with Crippen LogP contribution in [0.15, 0.2) is 42.5 Å². The minimum Gasteiger partial charge on any atom is -0.486 e. The number of carbonyl (C=O) groups excluding carboxylic acids is 1. The summed E-state index contributed by atoms with van der Waals surface area (Å²) in [5.41, 5.74) is 1.20. The van der Waals surface area contributed by atoms with E-state index in [1.807, 2.05) is 25.1 Å². The number of para-hydroxylation sites is 1. The van der Waals surface area contributed by atoms with Crippen LogP contribution in [0.1, 0.15) is 22.8 Å². The average molecular weight is 395 g/mol. The van der Waals surface area contributed by atoms with Gasteiger partial charge in [0.05, 0.1) is 0 Å². The number of halogens is 3. The summed E-state index contributed by atoms with van der Waals surface area (Å²) in [7, 11) is 0. The largest absolute Gasteiger partial charge is 0.486 e. The number of carbonyl (C=O) groups is 1. The van der Waals surface area contributed by atoms with Crippen molar-refractivity contribution in [3.63, 3.8) is 0 Å². The molecule has 0 atom stereocenters. The molecule has 5 nitrogen and oxygen atoms in total. The molecular weight excluding hydrogens is 375 g/mol. The van der Waals surface area contributed by atoms with Gasteiger partial charge in [-0.3, -0.25) is 4.79 Å². The summed E-state index contributed by atoms with van der Waals surface area (Å²) in [4.78, 5) is 14.4. The van der Waals surface area contributed by atoms with Gasteiger partial charge in [0, 0.05) is 24.2 Å². The lowest BCUT2D eigenvalue weighted by atomic mass is 10.1. The van der Waals surface area contributed by atoms with E-state index in [0.717, 1.165) is 5.56 Å². The fourth-order valence-electron chi connectivity index (χ4n) is 2.83. The molecule has 0 spiro atoms. The third-order valence-corrected chi connectivity index (χ3v) is 4.18. The molecule has 1 heterocycles. The SMILES string of the molecule is CCN(Cc1cccc2c1OCCO2)C(=O)c1ccc(OCC(F)(F)F)cc1. The van der Waals surface area contributed by atoms with E-state index in [1.54, 1.807) is 4.90 Å². The zero-order valence-electron chi connectivity index (χ0n) is 15.3. The second kappa shape index (κ2) is 8.41.